The van der Waals surface area contributed by atoms with Crippen LogP contribution in [0.25, 0.3) is 0 Å². The Bertz CT molecular complexity index is 797. The molecule has 0 unspecified atom stereocenters. The lowest BCUT2D eigenvalue weighted by Crippen LogP contribution is -2.44. The van der Waals surface area contributed by atoms with Gasteiger partial charge in [0, 0.05) is 13.1 Å². The van der Waals surface area contributed by atoms with Crippen LogP contribution in [-0.2, 0) is 19.4 Å². The van der Waals surface area contributed by atoms with Crippen molar-refractivity contribution in [1.29, 1.82) is 5.26 Å². The SMILES string of the molecule is C[C@@H](OC(=O)c1cccc(C#N)c1)C(=O)N(C)[C@@H]1CCS(=O)(=O)C1. The molecule has 0 bridgehead atoms. The summed E-state index contributed by atoms with van der Waals surface area (Å²) >= 11 is 0. The molecule has 1 heterocycles. The lowest BCUT2D eigenvalue weighted by atomic mass is 10.1. The zero-order valence-corrected chi connectivity index (χ0v) is 14.2. The lowest BCUT2D eigenvalue weighted by Gasteiger charge is -2.26. The van der Waals surface area contributed by atoms with Crippen molar-refractivity contribution < 1.29 is 22.7 Å². The Kier molecular flexibility index (Phi) is 5.24. The molecule has 8 heteroatoms. The zero-order chi connectivity index (χ0) is 17.9. The average molecular weight is 350 g/mol. The number of sulfone groups is 1. The first kappa shape index (κ1) is 17.9. The Labute approximate surface area is 140 Å². The van der Waals surface area contributed by atoms with E-state index in [2.05, 4.69) is 0 Å². The van der Waals surface area contributed by atoms with Crippen molar-refractivity contribution in [3.63, 3.8) is 0 Å². The van der Waals surface area contributed by atoms with E-state index < -0.39 is 33.9 Å². The van der Waals surface area contributed by atoms with Gasteiger partial charge in [0.05, 0.1) is 28.7 Å². The molecule has 1 aromatic rings. The van der Waals surface area contributed by atoms with Crippen LogP contribution >= 0.6 is 0 Å². The molecule has 1 saturated heterocycles. The van der Waals surface area contributed by atoms with Gasteiger partial charge in [-0.05, 0) is 31.5 Å². The number of amides is 1. The summed E-state index contributed by atoms with van der Waals surface area (Å²) < 4.78 is 28.2. The molecule has 24 heavy (non-hydrogen) atoms. The van der Waals surface area contributed by atoms with Crippen molar-refractivity contribution in [3.8, 4) is 6.07 Å². The zero-order valence-electron chi connectivity index (χ0n) is 13.4. The predicted molar refractivity (Wildman–Crippen MR) is 85.9 cm³/mol. The molecule has 128 valence electrons. The minimum atomic E-state index is -3.11. The third-order valence-corrected chi connectivity index (χ3v) is 5.71. The number of carbonyl (C=O) groups excluding carboxylic acids is 2. The predicted octanol–water partition coefficient (Wildman–Crippen LogP) is 0.749. The lowest BCUT2D eigenvalue weighted by molar-refractivity contribution is -0.140. The Morgan fingerprint density at radius 3 is 2.71 bits per heavy atom. The maximum atomic E-state index is 12.3. The first-order valence-electron chi connectivity index (χ1n) is 7.42. The first-order valence-corrected chi connectivity index (χ1v) is 9.24. The molecule has 1 aliphatic rings. The average Bonchev–Trinajstić information content (AvgIpc) is 2.93. The van der Waals surface area contributed by atoms with Gasteiger partial charge in [0.15, 0.2) is 15.9 Å². The summed E-state index contributed by atoms with van der Waals surface area (Å²) in [5.41, 5.74) is 0.497. The maximum Gasteiger partial charge on any atom is 0.338 e. The van der Waals surface area contributed by atoms with Crippen molar-refractivity contribution in [2.24, 2.45) is 0 Å². The summed E-state index contributed by atoms with van der Waals surface area (Å²) in [6.07, 6.45) is -0.660. The molecule has 0 saturated carbocycles. The number of likely N-dealkylation sites (N-methyl/N-ethyl adjacent to an activating group) is 1. The van der Waals surface area contributed by atoms with Crippen molar-refractivity contribution in [1.82, 2.24) is 4.90 Å². The highest BCUT2D eigenvalue weighted by Crippen LogP contribution is 2.18. The summed E-state index contributed by atoms with van der Waals surface area (Å²) in [5, 5.41) is 8.84. The van der Waals surface area contributed by atoms with Gasteiger partial charge in [0.25, 0.3) is 5.91 Å². The first-order chi connectivity index (χ1) is 11.2. The summed E-state index contributed by atoms with van der Waals surface area (Å²) in [7, 11) is -1.60. The number of carbonyl (C=O) groups is 2. The largest absolute Gasteiger partial charge is 0.449 e. The molecule has 1 amide bonds. The molecule has 0 N–H and O–H groups in total. The molecular weight excluding hydrogens is 332 g/mol. The van der Waals surface area contributed by atoms with E-state index in [1.54, 1.807) is 12.1 Å². The number of hydrogen-bond donors (Lipinski definition) is 0. The van der Waals surface area contributed by atoms with Crippen LogP contribution in [0.1, 0.15) is 29.3 Å². The minimum absolute atomic E-state index is 0.0599. The van der Waals surface area contributed by atoms with Gasteiger partial charge in [-0.15, -0.1) is 0 Å². The van der Waals surface area contributed by atoms with Gasteiger partial charge in [-0.3, -0.25) is 4.79 Å². The Balaban J connectivity index is 2.00. The van der Waals surface area contributed by atoms with Gasteiger partial charge in [-0.1, -0.05) is 6.07 Å². The second-order valence-corrected chi connectivity index (χ2v) is 7.97. The number of rotatable bonds is 4. The molecular formula is C16H18N2O5S. The van der Waals surface area contributed by atoms with Crippen molar-refractivity contribution in [3.05, 3.63) is 35.4 Å². The molecule has 1 aromatic carbocycles. The number of nitriles is 1. The van der Waals surface area contributed by atoms with Crippen LogP contribution in [0.2, 0.25) is 0 Å². The molecule has 1 fully saturated rings. The third-order valence-electron chi connectivity index (χ3n) is 3.96. The maximum absolute atomic E-state index is 12.3. The van der Waals surface area contributed by atoms with Gasteiger partial charge in [-0.25, -0.2) is 13.2 Å². The monoisotopic (exact) mass is 350 g/mol. The van der Waals surface area contributed by atoms with Crippen LogP contribution in [0.4, 0.5) is 0 Å². The minimum Gasteiger partial charge on any atom is -0.449 e. The Morgan fingerprint density at radius 1 is 1.42 bits per heavy atom. The number of benzene rings is 1. The standard InChI is InChI=1S/C16H18N2O5S/c1-11(15(19)18(2)14-6-7-24(21,22)10-14)23-16(20)13-5-3-4-12(8-13)9-17/h3-5,8,11,14H,6-7,10H2,1-2H3/t11-,14-/m1/s1. The summed E-state index contributed by atoms with van der Waals surface area (Å²) in [6, 6.07) is 7.51. The molecule has 0 radical (unpaired) electrons. The fraction of sp³-hybridized carbons (Fsp3) is 0.438. The van der Waals surface area contributed by atoms with Crippen LogP contribution in [0.3, 0.4) is 0 Å². The molecule has 0 aromatic heterocycles. The fourth-order valence-corrected chi connectivity index (χ4v) is 4.32. The number of hydrogen-bond acceptors (Lipinski definition) is 6. The van der Waals surface area contributed by atoms with E-state index in [4.69, 9.17) is 10.00 Å². The topological polar surface area (TPSA) is 105 Å². The third kappa shape index (κ3) is 4.11. The van der Waals surface area contributed by atoms with Crippen LogP contribution in [0.5, 0.6) is 0 Å². The molecule has 1 aliphatic heterocycles. The van der Waals surface area contributed by atoms with Gasteiger partial charge >= 0.3 is 5.97 Å². The number of nitrogens with zero attached hydrogens (tertiary/aromatic N) is 2. The molecule has 2 rings (SSSR count). The van der Waals surface area contributed by atoms with Crippen LogP contribution < -0.4 is 0 Å². The van der Waals surface area contributed by atoms with Crippen molar-refractivity contribution in [2.45, 2.75) is 25.5 Å². The fourth-order valence-electron chi connectivity index (χ4n) is 2.54. The number of esters is 1. The van der Waals surface area contributed by atoms with E-state index in [0.29, 0.717) is 12.0 Å². The van der Waals surface area contributed by atoms with Gasteiger partial charge in [-0.2, -0.15) is 5.26 Å². The highest BCUT2D eigenvalue weighted by Gasteiger charge is 2.35. The second kappa shape index (κ2) is 7.01. The second-order valence-electron chi connectivity index (χ2n) is 5.75. The van der Waals surface area contributed by atoms with E-state index in [9.17, 15) is 18.0 Å². The summed E-state index contributed by atoms with van der Waals surface area (Å²) in [6.45, 7) is 1.44. The molecule has 0 aliphatic carbocycles. The summed E-state index contributed by atoms with van der Waals surface area (Å²) in [5.74, 6) is -1.17. The number of ether oxygens (including phenoxy) is 1. The van der Waals surface area contributed by atoms with Crippen molar-refractivity contribution in [2.75, 3.05) is 18.6 Å². The van der Waals surface area contributed by atoms with Gasteiger partial charge in [0.1, 0.15) is 0 Å². The highest BCUT2D eigenvalue weighted by atomic mass is 32.2. The van der Waals surface area contributed by atoms with E-state index >= 15 is 0 Å². The molecule has 7 nitrogen and oxygen atoms in total. The smallest absolute Gasteiger partial charge is 0.338 e. The quantitative estimate of drug-likeness (QED) is 0.742. The van der Waals surface area contributed by atoms with E-state index in [0.717, 1.165) is 0 Å². The summed E-state index contributed by atoms with van der Waals surface area (Å²) in [4.78, 5) is 25.7. The van der Waals surface area contributed by atoms with E-state index in [1.165, 1.54) is 31.0 Å². The Hall–Kier alpha value is -2.40. The van der Waals surface area contributed by atoms with Crippen LogP contribution in [0, 0.1) is 11.3 Å². The highest BCUT2D eigenvalue weighted by molar-refractivity contribution is 7.91. The van der Waals surface area contributed by atoms with E-state index in [-0.39, 0.29) is 17.1 Å². The van der Waals surface area contributed by atoms with E-state index in [1.807, 2.05) is 6.07 Å². The van der Waals surface area contributed by atoms with Crippen molar-refractivity contribution >= 4 is 21.7 Å². The molecule has 2 atom stereocenters. The van der Waals surface area contributed by atoms with Crippen LogP contribution in [0.15, 0.2) is 24.3 Å². The van der Waals surface area contributed by atoms with Crippen LogP contribution in [-0.4, -0.2) is 55.9 Å². The Morgan fingerprint density at radius 2 is 2.12 bits per heavy atom. The molecule has 0 spiro atoms. The normalized spacial score (nSPS) is 20.0. The van der Waals surface area contributed by atoms with Gasteiger partial charge < -0.3 is 9.64 Å². The van der Waals surface area contributed by atoms with Gasteiger partial charge in [0.2, 0.25) is 0 Å².